The number of para-hydroxylation sites is 1. The van der Waals surface area contributed by atoms with Crippen LogP contribution in [0.3, 0.4) is 0 Å². The van der Waals surface area contributed by atoms with E-state index in [1.165, 1.54) is 17.4 Å². The van der Waals surface area contributed by atoms with Gasteiger partial charge in [0.05, 0.1) is 22.4 Å². The van der Waals surface area contributed by atoms with Crippen molar-refractivity contribution in [2.75, 3.05) is 11.4 Å². The van der Waals surface area contributed by atoms with Crippen LogP contribution in [0, 0.1) is 12.7 Å². The number of anilines is 2. The average Bonchev–Trinajstić information content (AvgIpc) is 2.75. The first kappa shape index (κ1) is 14.0. The number of aliphatic hydroxyl groups is 1. The largest absolute Gasteiger partial charge is 0.388 e. The molecular weight excluding hydrogens is 263 g/mol. The molecule has 1 aromatic heterocycles. The lowest BCUT2D eigenvalue weighted by Crippen LogP contribution is -2.17. The van der Waals surface area contributed by atoms with E-state index in [1.807, 2.05) is 18.7 Å². The lowest BCUT2D eigenvalue weighted by Gasteiger charge is -2.20. The smallest absolute Gasteiger partial charge is 0.190 e. The number of aliphatic hydroxyl groups excluding tert-OH is 1. The molecule has 0 aliphatic heterocycles. The Morgan fingerprint density at radius 1 is 1.42 bits per heavy atom. The van der Waals surface area contributed by atoms with Gasteiger partial charge in [0.2, 0.25) is 0 Å². The van der Waals surface area contributed by atoms with Crippen molar-refractivity contribution in [2.45, 2.75) is 26.9 Å². The van der Waals surface area contributed by atoms with Crippen molar-refractivity contribution in [3.05, 3.63) is 40.7 Å². The van der Waals surface area contributed by atoms with Gasteiger partial charge in [0.25, 0.3) is 0 Å². The lowest BCUT2D eigenvalue weighted by molar-refractivity contribution is 0.202. The molecule has 1 unspecified atom stereocenters. The highest BCUT2D eigenvalue weighted by Gasteiger charge is 2.18. The van der Waals surface area contributed by atoms with Crippen LogP contribution in [0.25, 0.3) is 0 Å². The molecule has 3 nitrogen and oxygen atoms in total. The maximum Gasteiger partial charge on any atom is 0.190 e. The summed E-state index contributed by atoms with van der Waals surface area (Å²) in [6, 6.07) is 6.64. The molecule has 5 heteroatoms. The zero-order chi connectivity index (χ0) is 14.0. The first-order chi connectivity index (χ1) is 9.04. The number of hydrogen-bond donors (Lipinski definition) is 1. The van der Waals surface area contributed by atoms with E-state index in [0.29, 0.717) is 17.4 Å². The van der Waals surface area contributed by atoms with Crippen LogP contribution in [0.5, 0.6) is 0 Å². The molecule has 19 heavy (non-hydrogen) atoms. The van der Waals surface area contributed by atoms with Gasteiger partial charge in [-0.2, -0.15) is 0 Å². The fourth-order valence-corrected chi connectivity index (χ4v) is 3.06. The average molecular weight is 280 g/mol. The summed E-state index contributed by atoms with van der Waals surface area (Å²) in [5, 5.41) is 10.4. The summed E-state index contributed by atoms with van der Waals surface area (Å²) >= 11 is 1.40. The molecule has 0 bridgehead atoms. The van der Waals surface area contributed by atoms with E-state index in [1.54, 1.807) is 25.1 Å². The standard InChI is InChI=1S/C14H17FN2OS/c1-4-17(12-8-6-5-7-11(12)15)14-16-9(2)13(19-14)10(3)18/h5-8,10,18H,4H2,1-3H3. The van der Waals surface area contributed by atoms with Crippen LogP contribution in [0.4, 0.5) is 15.2 Å². The van der Waals surface area contributed by atoms with Gasteiger partial charge in [-0.3, -0.25) is 0 Å². The molecule has 0 saturated heterocycles. The summed E-state index contributed by atoms with van der Waals surface area (Å²) in [6.07, 6.45) is -0.550. The summed E-state index contributed by atoms with van der Waals surface area (Å²) < 4.78 is 13.9. The number of benzene rings is 1. The highest BCUT2D eigenvalue weighted by Crippen LogP contribution is 2.35. The predicted molar refractivity (Wildman–Crippen MR) is 76.6 cm³/mol. The van der Waals surface area contributed by atoms with Crippen molar-refractivity contribution < 1.29 is 9.50 Å². The second kappa shape index (κ2) is 5.67. The number of thiazole rings is 1. The van der Waals surface area contributed by atoms with Crippen molar-refractivity contribution in [1.29, 1.82) is 0 Å². The Balaban J connectivity index is 2.43. The molecule has 0 aliphatic carbocycles. The van der Waals surface area contributed by atoms with Crippen LogP contribution in [-0.2, 0) is 0 Å². The SMILES string of the molecule is CCN(c1nc(C)c(C(C)O)s1)c1ccccc1F. The van der Waals surface area contributed by atoms with Gasteiger partial charge in [-0.25, -0.2) is 9.37 Å². The topological polar surface area (TPSA) is 36.4 Å². The third-order valence-electron chi connectivity index (χ3n) is 2.89. The normalized spacial score (nSPS) is 12.5. The lowest BCUT2D eigenvalue weighted by atomic mass is 10.3. The summed E-state index contributed by atoms with van der Waals surface area (Å²) in [5.41, 5.74) is 1.31. The van der Waals surface area contributed by atoms with Crippen molar-refractivity contribution in [3.8, 4) is 0 Å². The minimum Gasteiger partial charge on any atom is -0.388 e. The van der Waals surface area contributed by atoms with E-state index < -0.39 is 6.10 Å². The molecule has 0 aliphatic rings. The first-order valence-electron chi connectivity index (χ1n) is 6.22. The number of aromatic nitrogens is 1. The zero-order valence-corrected chi connectivity index (χ0v) is 12.0. The molecule has 0 saturated carbocycles. The van der Waals surface area contributed by atoms with E-state index >= 15 is 0 Å². The van der Waals surface area contributed by atoms with Crippen LogP contribution in [0.15, 0.2) is 24.3 Å². The van der Waals surface area contributed by atoms with Gasteiger partial charge in [0, 0.05) is 6.54 Å². The maximum atomic E-state index is 13.9. The quantitative estimate of drug-likeness (QED) is 0.925. The van der Waals surface area contributed by atoms with Gasteiger partial charge in [0.1, 0.15) is 5.82 Å². The molecule has 0 fully saturated rings. The fourth-order valence-electron chi connectivity index (χ4n) is 1.98. The molecule has 1 N–H and O–H groups in total. The Kier molecular flexibility index (Phi) is 4.17. The van der Waals surface area contributed by atoms with Crippen LogP contribution in [-0.4, -0.2) is 16.6 Å². The molecule has 2 rings (SSSR count). The number of nitrogens with zero attached hydrogens (tertiary/aromatic N) is 2. The maximum absolute atomic E-state index is 13.9. The molecule has 2 aromatic rings. The van der Waals surface area contributed by atoms with Gasteiger partial charge >= 0.3 is 0 Å². The molecule has 102 valence electrons. The van der Waals surface area contributed by atoms with Crippen molar-refractivity contribution in [3.63, 3.8) is 0 Å². The molecule has 0 radical (unpaired) electrons. The van der Waals surface area contributed by atoms with E-state index in [0.717, 1.165) is 10.6 Å². The second-order valence-electron chi connectivity index (χ2n) is 4.32. The Morgan fingerprint density at radius 3 is 2.63 bits per heavy atom. The highest BCUT2D eigenvalue weighted by molar-refractivity contribution is 7.15. The van der Waals surface area contributed by atoms with Gasteiger partial charge in [0.15, 0.2) is 5.13 Å². The fraction of sp³-hybridized carbons (Fsp3) is 0.357. The van der Waals surface area contributed by atoms with Crippen LogP contribution in [0.1, 0.15) is 30.5 Å². The molecule has 1 atom stereocenters. The van der Waals surface area contributed by atoms with Gasteiger partial charge in [-0.1, -0.05) is 23.5 Å². The molecule has 0 amide bonds. The van der Waals surface area contributed by atoms with Gasteiger partial charge in [-0.15, -0.1) is 0 Å². The molecule has 1 aromatic carbocycles. The summed E-state index contributed by atoms with van der Waals surface area (Å²) in [7, 11) is 0. The molecule has 1 heterocycles. The van der Waals surface area contributed by atoms with E-state index in [9.17, 15) is 9.50 Å². The van der Waals surface area contributed by atoms with Crippen LogP contribution in [0.2, 0.25) is 0 Å². The number of aryl methyl sites for hydroxylation is 1. The third kappa shape index (κ3) is 2.77. The van der Waals surface area contributed by atoms with Crippen molar-refractivity contribution in [2.24, 2.45) is 0 Å². The number of halogens is 1. The van der Waals surface area contributed by atoms with Crippen LogP contribution < -0.4 is 4.90 Å². The van der Waals surface area contributed by atoms with Crippen LogP contribution >= 0.6 is 11.3 Å². The highest BCUT2D eigenvalue weighted by atomic mass is 32.1. The number of hydrogen-bond acceptors (Lipinski definition) is 4. The predicted octanol–water partition coefficient (Wildman–Crippen LogP) is 3.80. The van der Waals surface area contributed by atoms with Crippen molar-refractivity contribution >= 4 is 22.2 Å². The molecule has 0 spiro atoms. The van der Waals surface area contributed by atoms with E-state index in [4.69, 9.17) is 0 Å². The molecular formula is C14H17FN2OS. The second-order valence-corrected chi connectivity index (χ2v) is 5.33. The van der Waals surface area contributed by atoms with Gasteiger partial charge in [-0.05, 0) is 32.9 Å². The van der Waals surface area contributed by atoms with E-state index in [2.05, 4.69) is 4.98 Å². The monoisotopic (exact) mass is 280 g/mol. The summed E-state index contributed by atoms with van der Waals surface area (Å²) in [4.78, 5) is 7.08. The first-order valence-corrected chi connectivity index (χ1v) is 7.03. The Labute approximate surface area is 116 Å². The zero-order valence-electron chi connectivity index (χ0n) is 11.2. The summed E-state index contributed by atoms with van der Waals surface area (Å²) in [5.74, 6) is -0.268. The minimum atomic E-state index is -0.550. The number of rotatable bonds is 4. The van der Waals surface area contributed by atoms with Gasteiger partial charge < -0.3 is 10.0 Å². The Hall–Kier alpha value is -1.46. The minimum absolute atomic E-state index is 0.268. The third-order valence-corrected chi connectivity index (χ3v) is 4.24. The van der Waals surface area contributed by atoms with E-state index in [-0.39, 0.29) is 5.82 Å². The van der Waals surface area contributed by atoms with Crippen molar-refractivity contribution in [1.82, 2.24) is 4.98 Å². The Bertz CT molecular complexity index is 568. The summed E-state index contributed by atoms with van der Waals surface area (Å²) in [6.45, 7) is 6.14. The Morgan fingerprint density at radius 2 is 2.11 bits per heavy atom.